The number of nitriles is 1. The molecule has 0 saturated heterocycles. The van der Waals surface area contributed by atoms with Crippen LogP contribution in [0, 0.1) is 11.3 Å². The van der Waals surface area contributed by atoms with Crippen LogP contribution >= 0.6 is 15.9 Å². The van der Waals surface area contributed by atoms with Gasteiger partial charge in [-0.05, 0) is 12.1 Å². The van der Waals surface area contributed by atoms with E-state index in [0.29, 0.717) is 5.69 Å². The van der Waals surface area contributed by atoms with Crippen LogP contribution in [-0.4, -0.2) is 9.78 Å². The van der Waals surface area contributed by atoms with Crippen molar-refractivity contribution >= 4 is 15.9 Å². The van der Waals surface area contributed by atoms with Crippen LogP contribution in [-0.2, 0) is 7.05 Å². The molecule has 84 valence electrons. The number of halogens is 1. The van der Waals surface area contributed by atoms with Crippen LogP contribution in [0.2, 0.25) is 0 Å². The summed E-state index contributed by atoms with van der Waals surface area (Å²) in [6.07, 6.45) is 0. The molecule has 0 aliphatic heterocycles. The lowest BCUT2D eigenvalue weighted by atomic mass is 10.1. The molecule has 0 N–H and O–H groups in total. The van der Waals surface area contributed by atoms with Gasteiger partial charge in [-0.2, -0.15) is 10.4 Å². The Kier molecular flexibility index (Phi) is 3.07. The summed E-state index contributed by atoms with van der Waals surface area (Å²) in [5.41, 5.74) is 1.30. The first kappa shape index (κ1) is 11.6. The SMILES string of the molecule is Cn1nc(-c2cccc(Br)c2)c(C#N)cc1=O. The molecule has 0 spiro atoms. The summed E-state index contributed by atoms with van der Waals surface area (Å²) in [4.78, 5) is 11.4. The smallest absolute Gasteiger partial charge is 0.267 e. The molecule has 0 amide bonds. The van der Waals surface area contributed by atoms with Crippen LogP contribution in [0.3, 0.4) is 0 Å². The minimum absolute atomic E-state index is 0.284. The van der Waals surface area contributed by atoms with Crippen molar-refractivity contribution in [3.05, 3.63) is 50.7 Å². The van der Waals surface area contributed by atoms with Gasteiger partial charge in [0.05, 0.1) is 5.56 Å². The Labute approximate surface area is 106 Å². The van der Waals surface area contributed by atoms with E-state index in [-0.39, 0.29) is 11.1 Å². The molecule has 0 aliphatic carbocycles. The standard InChI is InChI=1S/C12H8BrN3O/c1-16-11(17)6-9(7-14)12(15-16)8-3-2-4-10(13)5-8/h2-6H,1H3. The van der Waals surface area contributed by atoms with Crippen LogP contribution in [0.5, 0.6) is 0 Å². The van der Waals surface area contributed by atoms with Crippen LogP contribution in [0.15, 0.2) is 39.6 Å². The van der Waals surface area contributed by atoms with Crippen LogP contribution in [0.1, 0.15) is 5.56 Å². The molecule has 4 nitrogen and oxygen atoms in total. The third kappa shape index (κ3) is 2.27. The van der Waals surface area contributed by atoms with Crippen LogP contribution in [0.4, 0.5) is 0 Å². The van der Waals surface area contributed by atoms with Crippen molar-refractivity contribution in [1.29, 1.82) is 5.26 Å². The summed E-state index contributed by atoms with van der Waals surface area (Å²) in [7, 11) is 1.56. The van der Waals surface area contributed by atoms with Crippen LogP contribution < -0.4 is 5.56 Å². The van der Waals surface area contributed by atoms with Crippen molar-refractivity contribution in [2.45, 2.75) is 0 Å². The molecule has 0 radical (unpaired) electrons. The average Bonchev–Trinajstić information content (AvgIpc) is 2.32. The van der Waals surface area contributed by atoms with Crippen LogP contribution in [0.25, 0.3) is 11.3 Å². The maximum absolute atomic E-state index is 11.4. The highest BCUT2D eigenvalue weighted by Gasteiger charge is 2.09. The molecular formula is C12H8BrN3O. The largest absolute Gasteiger partial charge is 0.268 e. The van der Waals surface area contributed by atoms with E-state index in [0.717, 1.165) is 10.0 Å². The Morgan fingerprint density at radius 3 is 2.82 bits per heavy atom. The molecule has 5 heteroatoms. The Morgan fingerprint density at radius 1 is 1.41 bits per heavy atom. The van der Waals surface area contributed by atoms with E-state index >= 15 is 0 Å². The highest BCUT2D eigenvalue weighted by atomic mass is 79.9. The molecule has 2 aromatic rings. The Balaban J connectivity index is 2.71. The molecule has 0 unspecified atom stereocenters. The lowest BCUT2D eigenvalue weighted by Crippen LogP contribution is -2.20. The average molecular weight is 290 g/mol. The van der Waals surface area contributed by atoms with Crippen molar-refractivity contribution in [2.75, 3.05) is 0 Å². The first-order valence-electron chi connectivity index (χ1n) is 4.86. The van der Waals surface area contributed by atoms with E-state index in [1.54, 1.807) is 7.05 Å². The molecule has 0 fully saturated rings. The fourth-order valence-electron chi connectivity index (χ4n) is 1.47. The zero-order valence-electron chi connectivity index (χ0n) is 9.01. The van der Waals surface area contributed by atoms with Gasteiger partial charge in [-0.25, -0.2) is 4.68 Å². The minimum atomic E-state index is -0.291. The van der Waals surface area contributed by atoms with Crippen molar-refractivity contribution in [1.82, 2.24) is 9.78 Å². The third-order valence-electron chi connectivity index (χ3n) is 2.31. The van der Waals surface area contributed by atoms with E-state index in [9.17, 15) is 4.79 Å². The predicted molar refractivity (Wildman–Crippen MR) is 67.3 cm³/mol. The van der Waals surface area contributed by atoms with Gasteiger partial charge >= 0.3 is 0 Å². The zero-order chi connectivity index (χ0) is 12.4. The first-order valence-corrected chi connectivity index (χ1v) is 5.65. The van der Waals surface area contributed by atoms with E-state index < -0.39 is 0 Å². The molecule has 0 saturated carbocycles. The van der Waals surface area contributed by atoms with Gasteiger partial charge in [-0.1, -0.05) is 28.1 Å². The summed E-state index contributed by atoms with van der Waals surface area (Å²) in [5.74, 6) is 0. The van der Waals surface area contributed by atoms with Crippen molar-refractivity contribution in [3.8, 4) is 17.3 Å². The second-order valence-electron chi connectivity index (χ2n) is 3.49. The molecule has 1 heterocycles. The fraction of sp³-hybridized carbons (Fsp3) is 0.0833. The summed E-state index contributed by atoms with van der Waals surface area (Å²) in [6.45, 7) is 0. The molecular weight excluding hydrogens is 282 g/mol. The molecule has 0 atom stereocenters. The molecule has 17 heavy (non-hydrogen) atoms. The van der Waals surface area contributed by atoms with Gasteiger partial charge in [0, 0.05) is 23.2 Å². The summed E-state index contributed by atoms with van der Waals surface area (Å²) < 4.78 is 2.12. The molecule has 1 aromatic carbocycles. The number of aryl methyl sites for hydroxylation is 1. The normalized spacial score (nSPS) is 9.94. The van der Waals surface area contributed by atoms with E-state index in [1.807, 2.05) is 30.3 Å². The Morgan fingerprint density at radius 2 is 2.18 bits per heavy atom. The number of hydrogen-bond donors (Lipinski definition) is 0. The Bertz CT molecular complexity index is 670. The second kappa shape index (κ2) is 4.52. The topological polar surface area (TPSA) is 58.7 Å². The van der Waals surface area contributed by atoms with E-state index in [4.69, 9.17) is 5.26 Å². The highest BCUT2D eigenvalue weighted by Crippen LogP contribution is 2.22. The van der Waals surface area contributed by atoms with Gasteiger partial charge in [0.25, 0.3) is 5.56 Å². The zero-order valence-corrected chi connectivity index (χ0v) is 10.6. The summed E-state index contributed by atoms with van der Waals surface area (Å²) >= 11 is 3.36. The monoisotopic (exact) mass is 289 g/mol. The Hall–Kier alpha value is -1.93. The summed E-state index contributed by atoms with van der Waals surface area (Å²) in [5, 5.41) is 13.1. The molecule has 2 rings (SSSR count). The van der Waals surface area contributed by atoms with E-state index in [2.05, 4.69) is 21.0 Å². The third-order valence-corrected chi connectivity index (χ3v) is 2.80. The molecule has 1 aromatic heterocycles. The maximum atomic E-state index is 11.4. The van der Waals surface area contributed by atoms with E-state index in [1.165, 1.54) is 10.7 Å². The number of hydrogen-bond acceptors (Lipinski definition) is 3. The maximum Gasteiger partial charge on any atom is 0.267 e. The minimum Gasteiger partial charge on any atom is -0.268 e. The van der Waals surface area contributed by atoms with Gasteiger partial charge in [-0.15, -0.1) is 0 Å². The van der Waals surface area contributed by atoms with Crippen molar-refractivity contribution in [3.63, 3.8) is 0 Å². The number of aromatic nitrogens is 2. The molecule has 0 bridgehead atoms. The lowest BCUT2D eigenvalue weighted by molar-refractivity contribution is 0.710. The van der Waals surface area contributed by atoms with Gasteiger partial charge in [-0.3, -0.25) is 4.79 Å². The predicted octanol–water partition coefficient (Wildman–Crippen LogP) is 2.08. The molecule has 0 aliphatic rings. The number of benzene rings is 1. The number of rotatable bonds is 1. The van der Waals surface area contributed by atoms with Crippen molar-refractivity contribution in [2.24, 2.45) is 7.05 Å². The van der Waals surface area contributed by atoms with Crippen molar-refractivity contribution < 1.29 is 0 Å². The lowest BCUT2D eigenvalue weighted by Gasteiger charge is -2.05. The fourth-order valence-corrected chi connectivity index (χ4v) is 1.87. The van der Waals surface area contributed by atoms with Gasteiger partial charge in [0.1, 0.15) is 11.8 Å². The van der Waals surface area contributed by atoms with Gasteiger partial charge < -0.3 is 0 Å². The van der Waals surface area contributed by atoms with Gasteiger partial charge in [0.2, 0.25) is 0 Å². The quantitative estimate of drug-likeness (QED) is 0.808. The highest BCUT2D eigenvalue weighted by molar-refractivity contribution is 9.10. The van der Waals surface area contributed by atoms with Gasteiger partial charge in [0.15, 0.2) is 0 Å². The first-order chi connectivity index (χ1) is 8.11. The second-order valence-corrected chi connectivity index (χ2v) is 4.41. The summed E-state index contributed by atoms with van der Waals surface area (Å²) in [6, 6.07) is 10.7. The number of nitrogens with zero attached hydrogens (tertiary/aromatic N) is 3.